The van der Waals surface area contributed by atoms with Crippen molar-refractivity contribution in [1.82, 2.24) is 0 Å². The summed E-state index contributed by atoms with van der Waals surface area (Å²) >= 11 is 15.1. The number of hydrogen-bond acceptors (Lipinski definition) is 2. The van der Waals surface area contributed by atoms with Crippen LogP contribution in [0, 0.1) is 0 Å². The topological polar surface area (TPSA) is 0 Å². The van der Waals surface area contributed by atoms with E-state index < -0.39 is 0 Å². The van der Waals surface area contributed by atoms with Crippen LogP contribution in [0.2, 0.25) is 10.0 Å². The van der Waals surface area contributed by atoms with Crippen LogP contribution in [0.25, 0.3) is 11.1 Å². The van der Waals surface area contributed by atoms with Gasteiger partial charge in [0.2, 0.25) is 0 Å². The Kier molecular flexibility index (Phi) is 2.42. The highest BCUT2D eigenvalue weighted by atomic mass is 35.5. The summed E-state index contributed by atoms with van der Waals surface area (Å²) in [5, 5.41) is 9.39. The number of halogens is 2. The van der Waals surface area contributed by atoms with Gasteiger partial charge in [-0.25, -0.2) is 0 Å². The summed E-state index contributed by atoms with van der Waals surface area (Å²) in [6.07, 6.45) is 0. The van der Waals surface area contributed by atoms with Crippen molar-refractivity contribution >= 4 is 45.9 Å². The van der Waals surface area contributed by atoms with E-state index in [1.165, 1.54) is 0 Å². The summed E-state index contributed by atoms with van der Waals surface area (Å²) in [7, 11) is 0. The monoisotopic (exact) mass is 234 g/mol. The molecule has 0 aliphatic carbocycles. The molecule has 0 saturated heterocycles. The second-order valence-corrected chi connectivity index (χ2v) is 4.57. The lowest BCUT2D eigenvalue weighted by Crippen LogP contribution is -1.68. The Morgan fingerprint density at radius 2 is 1.17 bits per heavy atom. The highest BCUT2D eigenvalue weighted by Crippen LogP contribution is 2.37. The Morgan fingerprint density at radius 3 is 1.42 bits per heavy atom. The predicted octanol–water partition coefficient (Wildman–Crippen LogP) is 4.78. The molecular formula is C8H4Cl2S2. The minimum absolute atomic E-state index is 0.778. The van der Waals surface area contributed by atoms with E-state index >= 15 is 0 Å². The van der Waals surface area contributed by atoms with E-state index in [2.05, 4.69) is 0 Å². The Hall–Kier alpha value is -0.0200. The third kappa shape index (κ3) is 1.40. The van der Waals surface area contributed by atoms with Crippen molar-refractivity contribution in [2.45, 2.75) is 0 Å². The molecule has 0 unspecified atom stereocenters. The zero-order chi connectivity index (χ0) is 8.55. The first-order valence-corrected chi connectivity index (χ1v) is 5.87. The van der Waals surface area contributed by atoms with Gasteiger partial charge >= 0.3 is 0 Å². The van der Waals surface area contributed by atoms with Gasteiger partial charge in [-0.15, -0.1) is 0 Å². The summed E-state index contributed by atoms with van der Waals surface area (Å²) < 4.78 is 0. The van der Waals surface area contributed by atoms with Crippen molar-refractivity contribution in [2.24, 2.45) is 0 Å². The van der Waals surface area contributed by atoms with Crippen molar-refractivity contribution in [2.75, 3.05) is 0 Å². The van der Waals surface area contributed by atoms with E-state index in [-0.39, 0.29) is 0 Å². The van der Waals surface area contributed by atoms with Crippen molar-refractivity contribution in [3.8, 4) is 11.1 Å². The summed E-state index contributed by atoms with van der Waals surface area (Å²) in [5.41, 5.74) is 2.07. The average Bonchev–Trinajstić information content (AvgIpc) is 2.59. The molecule has 2 rings (SSSR count). The summed E-state index contributed by atoms with van der Waals surface area (Å²) in [6, 6.07) is 0. The molecule has 2 aromatic heterocycles. The normalized spacial score (nSPS) is 10.5. The van der Waals surface area contributed by atoms with Gasteiger partial charge in [-0.3, -0.25) is 0 Å². The molecule has 0 N–H and O–H groups in total. The molecule has 0 atom stereocenters. The van der Waals surface area contributed by atoms with Crippen LogP contribution in [0.4, 0.5) is 0 Å². The van der Waals surface area contributed by atoms with E-state index in [9.17, 15) is 0 Å². The molecular weight excluding hydrogens is 231 g/mol. The van der Waals surface area contributed by atoms with Crippen LogP contribution in [0.3, 0.4) is 0 Å². The first kappa shape index (κ1) is 8.57. The average molecular weight is 235 g/mol. The van der Waals surface area contributed by atoms with Crippen molar-refractivity contribution in [1.29, 1.82) is 0 Å². The van der Waals surface area contributed by atoms with Crippen molar-refractivity contribution in [3.63, 3.8) is 0 Å². The molecule has 0 spiro atoms. The Labute approximate surface area is 88.4 Å². The molecule has 0 amide bonds. The molecule has 0 nitrogen and oxygen atoms in total. The minimum atomic E-state index is 0.778. The molecule has 0 bridgehead atoms. The lowest BCUT2D eigenvalue weighted by atomic mass is 10.2. The first-order chi connectivity index (χ1) is 5.79. The lowest BCUT2D eigenvalue weighted by Gasteiger charge is -1.94. The van der Waals surface area contributed by atoms with E-state index in [0.717, 1.165) is 21.2 Å². The van der Waals surface area contributed by atoms with E-state index in [4.69, 9.17) is 23.2 Å². The van der Waals surface area contributed by atoms with E-state index in [0.29, 0.717) is 0 Å². The smallest absolute Gasteiger partial charge is 0.0592 e. The molecule has 2 heterocycles. The largest absolute Gasteiger partial charge is 0.150 e. The second kappa shape index (κ2) is 3.38. The van der Waals surface area contributed by atoms with Crippen molar-refractivity contribution < 1.29 is 0 Å². The van der Waals surface area contributed by atoms with Crippen molar-refractivity contribution in [3.05, 3.63) is 31.6 Å². The fourth-order valence-electron chi connectivity index (χ4n) is 0.947. The van der Waals surface area contributed by atoms with Crippen LogP contribution in [-0.2, 0) is 0 Å². The summed E-state index contributed by atoms with van der Waals surface area (Å²) in [5.74, 6) is 0. The highest BCUT2D eigenvalue weighted by Gasteiger charge is 2.08. The second-order valence-electron chi connectivity index (χ2n) is 2.27. The lowest BCUT2D eigenvalue weighted by molar-refractivity contribution is 1.83. The van der Waals surface area contributed by atoms with Crippen LogP contribution < -0.4 is 0 Å². The predicted molar refractivity (Wildman–Crippen MR) is 57.7 cm³/mol. The SMILES string of the molecule is Clc1cscc1-c1cscc1Cl. The molecule has 4 heteroatoms. The van der Waals surface area contributed by atoms with Crippen LogP contribution in [0.15, 0.2) is 21.5 Å². The van der Waals surface area contributed by atoms with Crippen LogP contribution >= 0.6 is 45.9 Å². The third-order valence-electron chi connectivity index (χ3n) is 1.52. The maximum Gasteiger partial charge on any atom is 0.0592 e. The fraction of sp³-hybridized carbons (Fsp3) is 0. The summed E-state index contributed by atoms with van der Waals surface area (Å²) in [4.78, 5) is 0. The van der Waals surface area contributed by atoms with Gasteiger partial charge in [-0.2, -0.15) is 22.7 Å². The Morgan fingerprint density at radius 1 is 0.750 bits per heavy atom. The number of rotatable bonds is 1. The van der Waals surface area contributed by atoms with Crippen LogP contribution in [0.1, 0.15) is 0 Å². The van der Waals surface area contributed by atoms with Gasteiger partial charge in [0.15, 0.2) is 0 Å². The minimum Gasteiger partial charge on any atom is -0.150 e. The molecule has 0 radical (unpaired) electrons. The van der Waals surface area contributed by atoms with E-state index in [1.807, 2.05) is 21.5 Å². The molecule has 0 aliphatic rings. The molecule has 0 aliphatic heterocycles. The van der Waals surface area contributed by atoms with E-state index in [1.54, 1.807) is 22.7 Å². The maximum absolute atomic E-state index is 5.96. The standard InChI is InChI=1S/C8H4Cl2S2/c9-7-3-11-1-5(7)6-2-12-4-8(6)10/h1-4H. The third-order valence-corrected chi connectivity index (χ3v) is 3.89. The molecule has 0 fully saturated rings. The zero-order valence-electron chi connectivity index (χ0n) is 5.88. The number of thiophene rings is 2. The van der Waals surface area contributed by atoms with Gasteiger partial charge in [0, 0.05) is 32.6 Å². The molecule has 62 valence electrons. The van der Waals surface area contributed by atoms with Gasteiger partial charge < -0.3 is 0 Å². The zero-order valence-corrected chi connectivity index (χ0v) is 9.03. The van der Waals surface area contributed by atoms with Crippen LogP contribution in [0.5, 0.6) is 0 Å². The number of hydrogen-bond donors (Lipinski definition) is 0. The first-order valence-electron chi connectivity index (χ1n) is 3.23. The molecule has 0 saturated carbocycles. The van der Waals surface area contributed by atoms with Gasteiger partial charge in [-0.05, 0) is 0 Å². The molecule has 0 aromatic carbocycles. The van der Waals surface area contributed by atoms with Gasteiger partial charge in [0.05, 0.1) is 10.0 Å². The maximum atomic E-state index is 5.96. The highest BCUT2D eigenvalue weighted by molar-refractivity contribution is 7.10. The molecule has 12 heavy (non-hydrogen) atoms. The Bertz CT molecular complexity index is 351. The molecule has 2 aromatic rings. The van der Waals surface area contributed by atoms with Crippen LogP contribution in [-0.4, -0.2) is 0 Å². The van der Waals surface area contributed by atoms with Gasteiger partial charge in [-0.1, -0.05) is 23.2 Å². The van der Waals surface area contributed by atoms with Gasteiger partial charge in [0.25, 0.3) is 0 Å². The fourth-order valence-corrected chi connectivity index (χ4v) is 3.11. The van der Waals surface area contributed by atoms with Gasteiger partial charge in [0.1, 0.15) is 0 Å². The Balaban J connectivity index is 2.57. The summed E-state index contributed by atoms with van der Waals surface area (Å²) in [6.45, 7) is 0. The quantitative estimate of drug-likeness (QED) is 0.667.